The van der Waals surface area contributed by atoms with Crippen molar-refractivity contribution in [2.24, 2.45) is 0 Å². The fraction of sp³-hybridized carbons (Fsp3) is 0.500. The van der Waals surface area contributed by atoms with Crippen molar-refractivity contribution < 1.29 is 9.53 Å². The van der Waals surface area contributed by atoms with Crippen molar-refractivity contribution in [3.63, 3.8) is 0 Å². The van der Waals surface area contributed by atoms with Crippen molar-refractivity contribution in [1.29, 1.82) is 0 Å². The van der Waals surface area contributed by atoms with E-state index in [1.807, 2.05) is 50.1 Å². The molecule has 100 valence electrons. The average molecular weight is 314 g/mol. The molecule has 0 fully saturated rings. The molecule has 0 N–H and O–H groups in total. The molecule has 0 bridgehead atoms. The number of hydrogen-bond donors (Lipinski definition) is 0. The molecule has 1 atom stereocenters. The Bertz CT molecular complexity index is 378. The fourth-order valence-corrected chi connectivity index (χ4v) is 1.87. The van der Waals surface area contributed by atoms with E-state index in [1.54, 1.807) is 0 Å². The Morgan fingerprint density at radius 1 is 1.39 bits per heavy atom. The van der Waals surface area contributed by atoms with Crippen LogP contribution in [-0.2, 0) is 4.74 Å². The number of ketones is 1. The minimum Gasteiger partial charge on any atom is -0.380 e. The number of halogens is 1. The zero-order valence-corrected chi connectivity index (χ0v) is 12.7. The normalized spacial score (nSPS) is 12.7. The lowest BCUT2D eigenvalue weighted by Crippen LogP contribution is -2.38. The molecule has 4 heteroatoms. The first-order chi connectivity index (χ1) is 8.56. The molecule has 0 spiro atoms. The minimum atomic E-state index is -0.133. The molecule has 0 heterocycles. The Kier molecular flexibility index (Phi) is 6.54. The van der Waals surface area contributed by atoms with E-state index in [2.05, 4.69) is 15.9 Å². The van der Waals surface area contributed by atoms with Crippen LogP contribution in [0, 0.1) is 0 Å². The lowest BCUT2D eigenvalue weighted by Gasteiger charge is -2.23. The van der Waals surface area contributed by atoms with Crippen LogP contribution in [0.5, 0.6) is 0 Å². The van der Waals surface area contributed by atoms with Gasteiger partial charge in [-0.25, -0.2) is 0 Å². The van der Waals surface area contributed by atoms with Crippen molar-refractivity contribution in [1.82, 2.24) is 4.90 Å². The van der Waals surface area contributed by atoms with Crippen LogP contribution in [0.2, 0.25) is 0 Å². The van der Waals surface area contributed by atoms with E-state index in [0.29, 0.717) is 13.2 Å². The number of ether oxygens (including phenoxy) is 1. The van der Waals surface area contributed by atoms with E-state index in [4.69, 9.17) is 4.74 Å². The molecule has 0 saturated carbocycles. The minimum absolute atomic E-state index is 0.133. The van der Waals surface area contributed by atoms with E-state index in [9.17, 15) is 4.79 Å². The number of likely N-dealkylation sites (N-methyl/N-ethyl adjacent to an activating group) is 1. The molecule has 1 rings (SSSR count). The molecule has 1 aromatic rings. The van der Waals surface area contributed by atoms with Gasteiger partial charge in [-0.05, 0) is 33.0 Å². The Morgan fingerprint density at radius 2 is 2.00 bits per heavy atom. The monoisotopic (exact) mass is 313 g/mol. The zero-order chi connectivity index (χ0) is 13.5. The summed E-state index contributed by atoms with van der Waals surface area (Å²) in [5.74, 6) is 0.140. The highest BCUT2D eigenvalue weighted by Crippen LogP contribution is 2.13. The van der Waals surface area contributed by atoms with Gasteiger partial charge in [-0.15, -0.1) is 0 Å². The van der Waals surface area contributed by atoms with Crippen molar-refractivity contribution in [3.8, 4) is 0 Å². The van der Waals surface area contributed by atoms with Gasteiger partial charge in [-0.3, -0.25) is 9.69 Å². The summed E-state index contributed by atoms with van der Waals surface area (Å²) in [6.07, 6.45) is 0. The quantitative estimate of drug-likeness (QED) is 0.572. The highest BCUT2D eigenvalue weighted by Gasteiger charge is 2.19. The number of Topliss-reactive ketones (excluding diaryl/α,β-unsaturated/α-hetero) is 1. The first-order valence-electron chi connectivity index (χ1n) is 6.14. The maximum absolute atomic E-state index is 12.2. The molecule has 0 aliphatic heterocycles. The summed E-state index contributed by atoms with van der Waals surface area (Å²) in [7, 11) is 1.94. The summed E-state index contributed by atoms with van der Waals surface area (Å²) < 4.78 is 6.28. The summed E-state index contributed by atoms with van der Waals surface area (Å²) in [4.78, 5) is 14.2. The van der Waals surface area contributed by atoms with Gasteiger partial charge in [-0.1, -0.05) is 28.1 Å². The smallest absolute Gasteiger partial charge is 0.179 e. The van der Waals surface area contributed by atoms with Gasteiger partial charge in [0.2, 0.25) is 0 Å². The average Bonchev–Trinajstić information content (AvgIpc) is 2.38. The number of hydrogen-bond acceptors (Lipinski definition) is 3. The second kappa shape index (κ2) is 7.67. The second-order valence-corrected chi connectivity index (χ2v) is 5.14. The highest BCUT2D eigenvalue weighted by atomic mass is 79.9. The Hall–Kier alpha value is -0.710. The summed E-state index contributed by atoms with van der Waals surface area (Å²) in [5.41, 5.74) is 0.744. The summed E-state index contributed by atoms with van der Waals surface area (Å²) in [6.45, 7) is 6.03. The summed E-state index contributed by atoms with van der Waals surface area (Å²) in [6, 6.07) is 7.34. The van der Waals surface area contributed by atoms with Crippen LogP contribution in [0.4, 0.5) is 0 Å². The molecule has 0 amide bonds. The van der Waals surface area contributed by atoms with Crippen LogP contribution >= 0.6 is 15.9 Å². The van der Waals surface area contributed by atoms with Crippen LogP contribution in [0.3, 0.4) is 0 Å². The molecule has 0 saturated heterocycles. The molecule has 1 aromatic carbocycles. The second-order valence-electron chi connectivity index (χ2n) is 4.22. The maximum atomic E-state index is 12.2. The van der Waals surface area contributed by atoms with E-state index >= 15 is 0 Å². The first kappa shape index (κ1) is 15.3. The van der Waals surface area contributed by atoms with Gasteiger partial charge < -0.3 is 4.74 Å². The van der Waals surface area contributed by atoms with Crippen molar-refractivity contribution >= 4 is 21.7 Å². The maximum Gasteiger partial charge on any atom is 0.179 e. The molecular weight excluding hydrogens is 294 g/mol. The topological polar surface area (TPSA) is 29.5 Å². The molecule has 3 nitrogen and oxygen atoms in total. The van der Waals surface area contributed by atoms with Crippen LogP contribution in [0.15, 0.2) is 28.7 Å². The molecule has 18 heavy (non-hydrogen) atoms. The number of benzene rings is 1. The van der Waals surface area contributed by atoms with E-state index in [-0.39, 0.29) is 11.8 Å². The predicted octanol–water partition coefficient (Wildman–Crippen LogP) is 2.99. The highest BCUT2D eigenvalue weighted by molar-refractivity contribution is 9.10. The molecule has 0 aliphatic rings. The zero-order valence-electron chi connectivity index (χ0n) is 11.1. The van der Waals surface area contributed by atoms with Crippen LogP contribution in [0.25, 0.3) is 0 Å². The fourth-order valence-electron chi connectivity index (χ4n) is 1.60. The van der Waals surface area contributed by atoms with Gasteiger partial charge >= 0.3 is 0 Å². The first-order valence-corrected chi connectivity index (χ1v) is 6.93. The third kappa shape index (κ3) is 4.52. The van der Waals surface area contributed by atoms with Gasteiger partial charge in [0, 0.05) is 23.2 Å². The predicted molar refractivity (Wildman–Crippen MR) is 77.1 cm³/mol. The number of carbonyl (C=O) groups is 1. The van der Waals surface area contributed by atoms with Gasteiger partial charge in [0.25, 0.3) is 0 Å². The number of nitrogens with zero attached hydrogens (tertiary/aromatic N) is 1. The lowest BCUT2D eigenvalue weighted by molar-refractivity contribution is 0.0789. The Labute approximate surface area is 117 Å². The molecular formula is C14H20BrNO2. The standard InChI is InChI=1S/C14H20BrNO2/c1-4-18-10-9-16(3)11(2)14(17)12-5-7-13(15)8-6-12/h5-8,11H,4,9-10H2,1-3H3. The van der Waals surface area contributed by atoms with E-state index in [1.165, 1.54) is 0 Å². The van der Waals surface area contributed by atoms with Gasteiger partial charge in [0.1, 0.15) is 0 Å². The molecule has 0 aliphatic carbocycles. The number of rotatable bonds is 7. The Balaban J connectivity index is 2.57. The lowest BCUT2D eigenvalue weighted by atomic mass is 10.0. The van der Waals surface area contributed by atoms with Crippen LogP contribution < -0.4 is 0 Å². The Morgan fingerprint density at radius 3 is 2.56 bits per heavy atom. The van der Waals surface area contributed by atoms with Gasteiger partial charge in [-0.2, -0.15) is 0 Å². The largest absolute Gasteiger partial charge is 0.380 e. The SMILES string of the molecule is CCOCCN(C)C(C)C(=O)c1ccc(Br)cc1. The molecule has 1 unspecified atom stereocenters. The third-order valence-corrected chi connectivity index (χ3v) is 3.49. The van der Waals surface area contributed by atoms with Crippen molar-refractivity contribution in [2.45, 2.75) is 19.9 Å². The molecule has 0 aromatic heterocycles. The van der Waals surface area contributed by atoms with Crippen LogP contribution in [-0.4, -0.2) is 43.5 Å². The van der Waals surface area contributed by atoms with Gasteiger partial charge in [0.15, 0.2) is 5.78 Å². The van der Waals surface area contributed by atoms with Gasteiger partial charge in [0.05, 0.1) is 12.6 Å². The summed E-state index contributed by atoms with van der Waals surface area (Å²) >= 11 is 3.36. The van der Waals surface area contributed by atoms with Crippen molar-refractivity contribution in [3.05, 3.63) is 34.3 Å². The summed E-state index contributed by atoms with van der Waals surface area (Å²) in [5, 5.41) is 0. The molecule has 0 radical (unpaired) electrons. The van der Waals surface area contributed by atoms with Crippen molar-refractivity contribution in [2.75, 3.05) is 26.8 Å². The van der Waals surface area contributed by atoms with E-state index in [0.717, 1.165) is 16.6 Å². The van der Waals surface area contributed by atoms with Crippen LogP contribution in [0.1, 0.15) is 24.2 Å². The van der Waals surface area contributed by atoms with E-state index < -0.39 is 0 Å². The number of carbonyl (C=O) groups excluding carboxylic acids is 1. The third-order valence-electron chi connectivity index (χ3n) is 2.96.